The molecule has 100 valence electrons. The zero-order valence-electron chi connectivity index (χ0n) is 11.2. The molecule has 1 N–H and O–H groups in total. The van der Waals surface area contributed by atoms with Crippen LogP contribution in [0.25, 0.3) is 0 Å². The highest BCUT2D eigenvalue weighted by Gasteiger charge is 2.31. The Hall–Kier alpha value is -1.57. The summed E-state index contributed by atoms with van der Waals surface area (Å²) in [5, 5.41) is 11.2. The number of amides is 1. The number of hydrogen-bond donors (Lipinski definition) is 1. The van der Waals surface area contributed by atoms with E-state index in [0.29, 0.717) is 6.42 Å². The van der Waals surface area contributed by atoms with Crippen LogP contribution in [-0.4, -0.2) is 23.5 Å². The van der Waals surface area contributed by atoms with E-state index in [2.05, 4.69) is 5.32 Å². The fraction of sp³-hybridized carbons (Fsp3) is 0.769. The maximum Gasteiger partial charge on any atom is 0.407 e. The van der Waals surface area contributed by atoms with Crippen LogP contribution in [0.3, 0.4) is 0 Å². The molecule has 0 aromatic heterocycles. The number of nitrogens with zero attached hydrogens (tertiary/aromatic N) is 1. The number of ketones is 1. The zero-order valence-corrected chi connectivity index (χ0v) is 11.2. The van der Waals surface area contributed by atoms with Gasteiger partial charge in [-0.15, -0.1) is 0 Å². The van der Waals surface area contributed by atoms with Crippen molar-refractivity contribution in [2.24, 2.45) is 5.92 Å². The minimum absolute atomic E-state index is 0.0208. The van der Waals surface area contributed by atoms with Crippen LogP contribution < -0.4 is 5.32 Å². The standard InChI is InChI=1S/C13H20N2O3/c1-13(2,3)18-12(17)15-10-5-4-9(8-10)11(16)6-7-14/h9-10H,4-6,8H2,1-3H3,(H,15,17)/t9-,10+/m0/s1. The molecule has 2 atom stereocenters. The van der Waals surface area contributed by atoms with Crippen molar-refractivity contribution in [1.29, 1.82) is 5.26 Å². The highest BCUT2D eigenvalue weighted by atomic mass is 16.6. The summed E-state index contributed by atoms with van der Waals surface area (Å²) < 4.78 is 5.16. The number of nitrogens with one attached hydrogen (secondary N) is 1. The Morgan fingerprint density at radius 2 is 2.06 bits per heavy atom. The smallest absolute Gasteiger partial charge is 0.407 e. The van der Waals surface area contributed by atoms with E-state index in [9.17, 15) is 9.59 Å². The van der Waals surface area contributed by atoms with Gasteiger partial charge in [0.2, 0.25) is 0 Å². The second-order valence-electron chi connectivity index (χ2n) is 5.65. The summed E-state index contributed by atoms with van der Waals surface area (Å²) >= 11 is 0. The maximum absolute atomic E-state index is 11.5. The number of carbonyl (C=O) groups excluding carboxylic acids is 2. The average Bonchev–Trinajstić information content (AvgIpc) is 2.63. The van der Waals surface area contributed by atoms with E-state index >= 15 is 0 Å². The number of ether oxygens (including phenoxy) is 1. The monoisotopic (exact) mass is 252 g/mol. The summed E-state index contributed by atoms with van der Waals surface area (Å²) in [5.74, 6) is -0.115. The molecule has 18 heavy (non-hydrogen) atoms. The van der Waals surface area contributed by atoms with Crippen LogP contribution in [0.4, 0.5) is 4.79 Å². The van der Waals surface area contributed by atoms with E-state index in [1.165, 1.54) is 0 Å². The predicted octanol–water partition coefficient (Wildman–Crippen LogP) is 2.16. The first kappa shape index (κ1) is 14.5. The van der Waals surface area contributed by atoms with Crippen molar-refractivity contribution in [3.63, 3.8) is 0 Å². The number of carbonyl (C=O) groups is 2. The van der Waals surface area contributed by atoms with Crippen molar-refractivity contribution in [3.8, 4) is 6.07 Å². The zero-order chi connectivity index (χ0) is 13.8. The molecule has 1 aliphatic rings. The Bertz CT molecular complexity index is 365. The Morgan fingerprint density at radius 3 is 2.61 bits per heavy atom. The molecule has 0 bridgehead atoms. The molecule has 0 aliphatic heterocycles. The Balaban J connectivity index is 2.37. The first-order valence-corrected chi connectivity index (χ1v) is 6.21. The molecular formula is C13H20N2O3. The summed E-state index contributed by atoms with van der Waals surface area (Å²) in [6, 6.07) is 1.85. The first-order chi connectivity index (χ1) is 8.31. The Kier molecular flexibility index (Phi) is 4.71. The van der Waals surface area contributed by atoms with Crippen LogP contribution in [0.2, 0.25) is 0 Å². The molecule has 0 spiro atoms. The van der Waals surface area contributed by atoms with E-state index in [1.54, 1.807) is 20.8 Å². The highest BCUT2D eigenvalue weighted by molar-refractivity contribution is 5.83. The van der Waals surface area contributed by atoms with Crippen LogP contribution in [-0.2, 0) is 9.53 Å². The summed E-state index contributed by atoms with van der Waals surface area (Å²) in [4.78, 5) is 23.1. The van der Waals surface area contributed by atoms with Crippen LogP contribution in [0, 0.1) is 17.2 Å². The Labute approximate surface area is 107 Å². The third-order valence-corrected chi connectivity index (χ3v) is 2.86. The van der Waals surface area contributed by atoms with Gasteiger partial charge in [0.1, 0.15) is 11.4 Å². The van der Waals surface area contributed by atoms with E-state index in [1.807, 2.05) is 6.07 Å². The minimum Gasteiger partial charge on any atom is -0.444 e. The largest absolute Gasteiger partial charge is 0.444 e. The maximum atomic E-state index is 11.5. The van der Waals surface area contributed by atoms with Gasteiger partial charge < -0.3 is 10.1 Å². The second kappa shape index (κ2) is 5.85. The lowest BCUT2D eigenvalue weighted by molar-refractivity contribution is -0.121. The second-order valence-corrected chi connectivity index (χ2v) is 5.65. The fourth-order valence-corrected chi connectivity index (χ4v) is 2.10. The third-order valence-electron chi connectivity index (χ3n) is 2.86. The van der Waals surface area contributed by atoms with Crippen molar-refractivity contribution in [1.82, 2.24) is 5.32 Å². The molecule has 0 radical (unpaired) electrons. The van der Waals surface area contributed by atoms with Gasteiger partial charge in [-0.1, -0.05) is 0 Å². The van der Waals surface area contributed by atoms with E-state index < -0.39 is 11.7 Å². The van der Waals surface area contributed by atoms with Crippen LogP contribution >= 0.6 is 0 Å². The van der Waals surface area contributed by atoms with Gasteiger partial charge in [0.05, 0.1) is 12.5 Å². The molecule has 5 heteroatoms. The first-order valence-electron chi connectivity index (χ1n) is 6.21. The molecule has 1 aliphatic carbocycles. The topological polar surface area (TPSA) is 79.2 Å². The number of hydrogen-bond acceptors (Lipinski definition) is 4. The normalized spacial score (nSPS) is 23.2. The van der Waals surface area contributed by atoms with Crippen molar-refractivity contribution in [2.45, 2.75) is 58.1 Å². The third kappa shape index (κ3) is 4.74. The summed E-state index contributed by atoms with van der Waals surface area (Å²) in [7, 11) is 0. The van der Waals surface area contributed by atoms with Crippen LogP contribution in [0.1, 0.15) is 46.5 Å². The molecule has 0 aromatic rings. The fourth-order valence-electron chi connectivity index (χ4n) is 2.10. The van der Waals surface area contributed by atoms with Gasteiger partial charge in [-0.25, -0.2) is 4.79 Å². The molecule has 0 saturated heterocycles. The summed E-state index contributed by atoms with van der Waals surface area (Å²) in [5.41, 5.74) is -0.515. The molecule has 0 aromatic carbocycles. The molecule has 1 rings (SSSR count). The lowest BCUT2D eigenvalue weighted by Crippen LogP contribution is -2.38. The van der Waals surface area contributed by atoms with Crippen LogP contribution in [0.5, 0.6) is 0 Å². The van der Waals surface area contributed by atoms with Gasteiger partial charge in [-0.05, 0) is 40.0 Å². The van der Waals surface area contributed by atoms with E-state index in [0.717, 1.165) is 12.8 Å². The van der Waals surface area contributed by atoms with Crippen molar-refractivity contribution >= 4 is 11.9 Å². The molecule has 1 saturated carbocycles. The number of Topliss-reactive ketones (excluding diaryl/α,β-unsaturated/α-hetero) is 1. The van der Waals surface area contributed by atoms with Gasteiger partial charge in [0, 0.05) is 12.0 Å². The predicted molar refractivity (Wildman–Crippen MR) is 65.7 cm³/mol. The Morgan fingerprint density at radius 1 is 1.39 bits per heavy atom. The number of alkyl carbamates (subject to hydrolysis) is 1. The van der Waals surface area contributed by atoms with Gasteiger partial charge in [0.25, 0.3) is 0 Å². The quantitative estimate of drug-likeness (QED) is 0.834. The summed E-state index contributed by atoms with van der Waals surface area (Å²) in [6.45, 7) is 5.42. The lowest BCUT2D eigenvalue weighted by Gasteiger charge is -2.21. The van der Waals surface area contributed by atoms with Crippen molar-refractivity contribution in [3.05, 3.63) is 0 Å². The summed E-state index contributed by atoms with van der Waals surface area (Å²) in [6.07, 6.45) is 1.63. The average molecular weight is 252 g/mol. The number of rotatable bonds is 3. The molecule has 5 nitrogen and oxygen atoms in total. The highest BCUT2D eigenvalue weighted by Crippen LogP contribution is 2.27. The van der Waals surface area contributed by atoms with Gasteiger partial charge in [-0.2, -0.15) is 5.26 Å². The van der Waals surface area contributed by atoms with E-state index in [4.69, 9.17) is 10.00 Å². The molecule has 0 heterocycles. The SMILES string of the molecule is CC(C)(C)OC(=O)N[C@@H]1CC[C@H](C(=O)CC#N)C1. The molecule has 1 fully saturated rings. The van der Waals surface area contributed by atoms with Crippen molar-refractivity contribution < 1.29 is 14.3 Å². The molecular weight excluding hydrogens is 232 g/mol. The van der Waals surface area contributed by atoms with Gasteiger partial charge in [-0.3, -0.25) is 4.79 Å². The van der Waals surface area contributed by atoms with Crippen molar-refractivity contribution in [2.75, 3.05) is 0 Å². The molecule has 1 amide bonds. The number of nitriles is 1. The molecule has 0 unspecified atom stereocenters. The van der Waals surface area contributed by atoms with Gasteiger partial charge in [0.15, 0.2) is 0 Å². The van der Waals surface area contributed by atoms with Gasteiger partial charge >= 0.3 is 6.09 Å². The lowest BCUT2D eigenvalue weighted by atomic mass is 10.0. The minimum atomic E-state index is -0.515. The van der Waals surface area contributed by atoms with E-state index in [-0.39, 0.29) is 24.2 Å². The van der Waals surface area contributed by atoms with Crippen LogP contribution in [0.15, 0.2) is 0 Å².